The summed E-state index contributed by atoms with van der Waals surface area (Å²) in [6.45, 7) is 1.65. The Morgan fingerprint density at radius 2 is 1.88 bits per heavy atom. The maximum atomic E-state index is 12.5. The van der Waals surface area contributed by atoms with Gasteiger partial charge in [0.15, 0.2) is 0 Å². The van der Waals surface area contributed by atoms with Gasteiger partial charge in [-0.3, -0.25) is 19.7 Å². The molecule has 0 saturated heterocycles. The van der Waals surface area contributed by atoms with Crippen LogP contribution in [-0.4, -0.2) is 34.4 Å². The molecule has 2 aromatic carbocycles. The Bertz CT molecular complexity index is 885. The van der Waals surface area contributed by atoms with Crippen molar-refractivity contribution in [1.82, 2.24) is 10.4 Å². The number of hydrogen-bond acceptors (Lipinski definition) is 6. The third-order valence-electron chi connectivity index (χ3n) is 3.56. The van der Waals surface area contributed by atoms with Crippen LogP contribution in [-0.2, 0) is 4.74 Å². The number of carbonyl (C=O) groups is 3. The Hall–Kier alpha value is -3.49. The predicted molar refractivity (Wildman–Crippen MR) is 81.3 cm³/mol. The second kappa shape index (κ2) is 5.61. The predicted octanol–water partition coefficient (Wildman–Crippen LogP) is 2.01. The number of amides is 3. The number of nitro groups is 1. The van der Waals surface area contributed by atoms with E-state index in [-0.39, 0.29) is 34.2 Å². The van der Waals surface area contributed by atoms with Gasteiger partial charge in [-0.15, -0.1) is 0 Å². The quantitative estimate of drug-likeness (QED) is 0.522. The normalized spacial score (nSPS) is 13.1. The van der Waals surface area contributed by atoms with Crippen LogP contribution < -0.4 is 5.43 Å². The third kappa shape index (κ3) is 2.22. The van der Waals surface area contributed by atoms with Crippen LogP contribution in [0.15, 0.2) is 30.3 Å². The van der Waals surface area contributed by atoms with Crippen LogP contribution >= 0.6 is 0 Å². The van der Waals surface area contributed by atoms with Crippen molar-refractivity contribution in [3.8, 4) is 0 Å². The van der Waals surface area contributed by atoms with Gasteiger partial charge in [0.25, 0.3) is 17.5 Å². The van der Waals surface area contributed by atoms with Gasteiger partial charge in [-0.2, -0.15) is 5.01 Å². The van der Waals surface area contributed by atoms with Crippen LogP contribution in [0.25, 0.3) is 10.8 Å². The van der Waals surface area contributed by atoms with Gasteiger partial charge in [0.1, 0.15) is 0 Å². The van der Waals surface area contributed by atoms with Crippen LogP contribution in [0, 0.1) is 10.1 Å². The number of imide groups is 1. The molecule has 9 nitrogen and oxygen atoms in total. The lowest BCUT2D eigenvalue weighted by Crippen LogP contribution is -2.51. The van der Waals surface area contributed by atoms with Crippen molar-refractivity contribution in [3.63, 3.8) is 0 Å². The first kappa shape index (κ1) is 15.4. The van der Waals surface area contributed by atoms with Crippen molar-refractivity contribution < 1.29 is 24.0 Å². The van der Waals surface area contributed by atoms with Gasteiger partial charge in [0.2, 0.25) is 0 Å². The zero-order chi connectivity index (χ0) is 17.4. The Morgan fingerprint density at radius 1 is 1.21 bits per heavy atom. The van der Waals surface area contributed by atoms with Gasteiger partial charge in [-0.1, -0.05) is 6.07 Å². The van der Waals surface area contributed by atoms with Gasteiger partial charge in [-0.05, 0) is 25.1 Å². The summed E-state index contributed by atoms with van der Waals surface area (Å²) in [5.41, 5.74) is 2.05. The molecule has 0 aliphatic carbocycles. The summed E-state index contributed by atoms with van der Waals surface area (Å²) in [7, 11) is 0. The molecule has 0 bridgehead atoms. The van der Waals surface area contributed by atoms with Crippen molar-refractivity contribution in [2.24, 2.45) is 0 Å². The molecule has 0 atom stereocenters. The minimum Gasteiger partial charge on any atom is -0.449 e. The van der Waals surface area contributed by atoms with Gasteiger partial charge in [0, 0.05) is 11.5 Å². The van der Waals surface area contributed by atoms with Crippen molar-refractivity contribution in [2.45, 2.75) is 6.92 Å². The molecule has 0 fully saturated rings. The van der Waals surface area contributed by atoms with Gasteiger partial charge >= 0.3 is 6.09 Å². The molecule has 0 spiro atoms. The molecule has 3 rings (SSSR count). The molecule has 3 amide bonds. The largest absolute Gasteiger partial charge is 0.449 e. The molecule has 24 heavy (non-hydrogen) atoms. The van der Waals surface area contributed by atoms with Crippen LogP contribution in [0.4, 0.5) is 10.5 Å². The summed E-state index contributed by atoms with van der Waals surface area (Å²) >= 11 is 0. The van der Waals surface area contributed by atoms with Gasteiger partial charge in [0.05, 0.1) is 28.0 Å². The number of rotatable bonds is 3. The molecular formula is C15H11N3O6. The third-order valence-corrected chi connectivity index (χ3v) is 3.56. The Kier molecular flexibility index (Phi) is 3.60. The van der Waals surface area contributed by atoms with Crippen molar-refractivity contribution >= 4 is 34.4 Å². The molecule has 0 aromatic heterocycles. The van der Waals surface area contributed by atoms with E-state index in [1.165, 1.54) is 30.3 Å². The fraction of sp³-hybridized carbons (Fsp3) is 0.133. The van der Waals surface area contributed by atoms with Crippen LogP contribution in [0.3, 0.4) is 0 Å². The van der Waals surface area contributed by atoms with E-state index in [0.717, 1.165) is 0 Å². The zero-order valence-electron chi connectivity index (χ0n) is 12.4. The number of hydrogen-bond donors (Lipinski definition) is 1. The van der Waals surface area contributed by atoms with Crippen molar-refractivity contribution in [3.05, 3.63) is 51.6 Å². The second-order valence-electron chi connectivity index (χ2n) is 4.90. The summed E-state index contributed by atoms with van der Waals surface area (Å²) in [5.74, 6) is -1.57. The highest BCUT2D eigenvalue weighted by molar-refractivity contribution is 6.26. The lowest BCUT2D eigenvalue weighted by Gasteiger charge is -2.26. The smallest absolute Gasteiger partial charge is 0.426 e. The van der Waals surface area contributed by atoms with E-state index in [9.17, 15) is 24.5 Å². The van der Waals surface area contributed by atoms with Gasteiger partial charge in [-0.25, -0.2) is 10.2 Å². The number of carbonyl (C=O) groups excluding carboxylic acids is 3. The van der Waals surface area contributed by atoms with Crippen molar-refractivity contribution in [2.75, 3.05) is 6.61 Å². The number of hydrazine groups is 1. The Morgan fingerprint density at radius 3 is 2.50 bits per heavy atom. The Balaban J connectivity index is 2.16. The van der Waals surface area contributed by atoms with Crippen LogP contribution in [0.5, 0.6) is 0 Å². The minimum absolute atomic E-state index is 0.0699. The first-order valence-electron chi connectivity index (χ1n) is 6.98. The number of benzene rings is 2. The Labute approximate surface area is 134 Å². The highest BCUT2D eigenvalue weighted by Gasteiger charge is 2.36. The van der Waals surface area contributed by atoms with Crippen LogP contribution in [0.1, 0.15) is 27.6 Å². The van der Waals surface area contributed by atoms with Crippen molar-refractivity contribution in [1.29, 1.82) is 0 Å². The van der Waals surface area contributed by atoms with E-state index in [4.69, 9.17) is 0 Å². The lowest BCUT2D eigenvalue weighted by atomic mass is 9.94. The number of nitrogens with one attached hydrogen (secondary N) is 1. The molecule has 0 saturated carbocycles. The van der Waals surface area contributed by atoms with E-state index < -0.39 is 22.8 Å². The SMILES string of the molecule is CCOC(=O)NN1C(=O)c2cccc3c([N+](=O)[O-])ccc(c23)C1=O. The topological polar surface area (TPSA) is 119 Å². The summed E-state index contributed by atoms with van der Waals surface area (Å²) < 4.78 is 4.67. The van der Waals surface area contributed by atoms with Crippen LogP contribution in [0.2, 0.25) is 0 Å². The molecule has 9 heteroatoms. The molecular weight excluding hydrogens is 318 g/mol. The molecule has 2 aromatic rings. The standard InChI is InChI=1S/C15H11N3O6/c1-2-24-15(21)16-17-13(19)9-5-3-4-8-11(18(22)23)7-6-10(12(8)9)14(17)20/h3-7H,2H2,1H3,(H,16,21). The highest BCUT2D eigenvalue weighted by atomic mass is 16.6. The summed E-state index contributed by atoms with van der Waals surface area (Å²) in [6, 6.07) is 6.83. The average Bonchev–Trinajstić information content (AvgIpc) is 2.56. The van der Waals surface area contributed by atoms with E-state index in [0.29, 0.717) is 5.01 Å². The number of non-ortho nitro benzene ring substituents is 1. The summed E-state index contributed by atoms with van der Waals surface area (Å²) in [6.07, 6.45) is -0.947. The molecule has 0 radical (unpaired) electrons. The molecule has 0 unspecified atom stereocenters. The first-order chi connectivity index (χ1) is 11.5. The number of nitrogens with zero attached hydrogens (tertiary/aromatic N) is 2. The minimum atomic E-state index is -0.947. The monoisotopic (exact) mass is 329 g/mol. The second-order valence-corrected chi connectivity index (χ2v) is 4.90. The maximum absolute atomic E-state index is 12.5. The lowest BCUT2D eigenvalue weighted by molar-refractivity contribution is -0.383. The summed E-state index contributed by atoms with van der Waals surface area (Å²) in [5, 5.41) is 12.1. The zero-order valence-corrected chi connectivity index (χ0v) is 12.4. The number of ether oxygens (including phenoxy) is 1. The summed E-state index contributed by atoms with van der Waals surface area (Å²) in [4.78, 5) is 47.1. The maximum Gasteiger partial charge on any atom is 0.426 e. The molecule has 1 aliphatic rings. The first-order valence-corrected chi connectivity index (χ1v) is 6.98. The van der Waals surface area contributed by atoms with E-state index in [1.807, 2.05) is 0 Å². The molecule has 122 valence electrons. The average molecular weight is 329 g/mol. The molecule has 1 N–H and O–H groups in total. The highest BCUT2D eigenvalue weighted by Crippen LogP contribution is 2.34. The fourth-order valence-corrected chi connectivity index (χ4v) is 2.60. The molecule has 1 heterocycles. The van der Waals surface area contributed by atoms with E-state index in [1.54, 1.807) is 6.92 Å². The molecule has 1 aliphatic heterocycles. The van der Waals surface area contributed by atoms with Gasteiger partial charge < -0.3 is 4.74 Å². The number of nitro benzene ring substituents is 1. The fourth-order valence-electron chi connectivity index (χ4n) is 2.60. The van der Waals surface area contributed by atoms with E-state index in [2.05, 4.69) is 10.2 Å². The van der Waals surface area contributed by atoms with E-state index >= 15 is 0 Å².